The molecule has 0 radical (unpaired) electrons. The maximum atomic E-state index is 10.9. The third kappa shape index (κ3) is 1.01. The molecule has 0 aromatic carbocycles. The van der Waals surface area contributed by atoms with E-state index in [2.05, 4.69) is 0 Å². The Morgan fingerprint density at radius 2 is 2.50 bits per heavy atom. The molecule has 10 heavy (non-hydrogen) atoms. The van der Waals surface area contributed by atoms with Crippen molar-refractivity contribution in [3.05, 3.63) is 11.8 Å². The maximum absolute atomic E-state index is 10.9. The largest absolute Gasteiger partial charge is 1.00 e. The van der Waals surface area contributed by atoms with Crippen LogP contribution in [0.5, 0.6) is 0 Å². The van der Waals surface area contributed by atoms with Crippen molar-refractivity contribution in [2.24, 2.45) is 0 Å². The molecule has 0 aromatic heterocycles. The van der Waals surface area contributed by atoms with E-state index in [9.17, 15) is 5.11 Å². The first kappa shape index (κ1) is 8.20. The van der Waals surface area contributed by atoms with Crippen LogP contribution in [0, 0.1) is 0 Å². The summed E-state index contributed by atoms with van der Waals surface area (Å²) in [5, 5.41) is 10.9. The van der Waals surface area contributed by atoms with Crippen LogP contribution in [-0.2, 0) is 4.74 Å². The van der Waals surface area contributed by atoms with Crippen LogP contribution in [0.3, 0.4) is 0 Å². The Labute approximate surface area is 72.4 Å². The fraction of sp³-hybridized carbons (Fsp3) is 0.714. The van der Waals surface area contributed by atoms with Crippen molar-refractivity contribution in [1.82, 2.24) is 0 Å². The van der Waals surface area contributed by atoms with Gasteiger partial charge < -0.3 is 9.84 Å². The van der Waals surface area contributed by atoms with Gasteiger partial charge in [0.2, 0.25) is 0 Å². The summed E-state index contributed by atoms with van der Waals surface area (Å²) in [6, 6.07) is 0. The molecule has 2 nitrogen and oxygen atoms in total. The summed E-state index contributed by atoms with van der Waals surface area (Å²) in [5.41, 5.74) is -0.0637. The second-order valence-electron chi connectivity index (χ2n) is 2.96. The Kier molecular flexibility index (Phi) is 1.89. The molecule has 0 amide bonds. The number of fused-ring (bicyclic) bond motifs is 1. The molecule has 1 fully saturated rings. The molecule has 0 bridgehead atoms. The summed E-state index contributed by atoms with van der Waals surface area (Å²) in [4.78, 5) is 0. The molecule has 0 N–H and O–H groups in total. The minimum Gasteiger partial charge on any atom is -0.874 e. The average Bonchev–Trinajstić information content (AvgIpc) is 2.43. The quantitative estimate of drug-likeness (QED) is 0.263. The van der Waals surface area contributed by atoms with Crippen molar-refractivity contribution in [2.45, 2.75) is 31.5 Å². The zero-order valence-electron chi connectivity index (χ0n) is 6.39. The van der Waals surface area contributed by atoms with Crippen LogP contribution in [-0.4, -0.2) is 11.7 Å². The van der Waals surface area contributed by atoms with E-state index in [0.29, 0.717) is 0 Å². The molecule has 2 rings (SSSR count). The first-order valence-corrected chi connectivity index (χ1v) is 3.27. The summed E-state index contributed by atoms with van der Waals surface area (Å²) in [6.45, 7) is 2.00. The molecule has 0 saturated carbocycles. The van der Waals surface area contributed by atoms with Crippen molar-refractivity contribution in [3.63, 3.8) is 0 Å². The van der Waals surface area contributed by atoms with E-state index < -0.39 is 0 Å². The fourth-order valence-corrected chi connectivity index (χ4v) is 1.39. The molecular formula is C7H9LiO2. The molecule has 1 heterocycles. The van der Waals surface area contributed by atoms with Crippen LogP contribution < -0.4 is 24.0 Å². The minimum atomic E-state index is -0.0775. The van der Waals surface area contributed by atoms with E-state index in [1.165, 1.54) is 0 Å². The van der Waals surface area contributed by atoms with E-state index in [1.807, 2.05) is 6.92 Å². The molecule has 50 valence electrons. The Morgan fingerprint density at radius 1 is 1.80 bits per heavy atom. The number of ether oxygens (including phenoxy) is 1. The smallest absolute Gasteiger partial charge is 0.874 e. The average molecular weight is 132 g/mol. The molecule has 1 aliphatic heterocycles. The van der Waals surface area contributed by atoms with Crippen molar-refractivity contribution in [1.29, 1.82) is 0 Å². The summed E-state index contributed by atoms with van der Waals surface area (Å²) in [7, 11) is 0. The van der Waals surface area contributed by atoms with Crippen LogP contribution >= 0.6 is 0 Å². The summed E-state index contributed by atoms with van der Waals surface area (Å²) < 4.78 is 5.20. The zero-order chi connectivity index (χ0) is 6.48. The van der Waals surface area contributed by atoms with Crippen molar-refractivity contribution in [3.8, 4) is 0 Å². The van der Waals surface area contributed by atoms with Gasteiger partial charge in [-0.3, -0.25) is 0 Å². The van der Waals surface area contributed by atoms with E-state index in [4.69, 9.17) is 4.74 Å². The van der Waals surface area contributed by atoms with Crippen molar-refractivity contribution < 1.29 is 28.7 Å². The Balaban J connectivity index is 0.000000500. The third-order valence-corrected chi connectivity index (χ3v) is 2.13. The number of rotatable bonds is 0. The third-order valence-electron chi connectivity index (χ3n) is 2.13. The van der Waals surface area contributed by atoms with Gasteiger partial charge in [-0.25, -0.2) is 0 Å². The van der Waals surface area contributed by atoms with E-state index in [1.54, 1.807) is 6.08 Å². The van der Waals surface area contributed by atoms with E-state index in [-0.39, 0.29) is 36.3 Å². The van der Waals surface area contributed by atoms with Crippen LogP contribution in [0.2, 0.25) is 0 Å². The number of epoxide rings is 1. The molecule has 1 aliphatic carbocycles. The standard InChI is InChI=1S/C7H10O2.Li/c1-7-4-2-3-5(8)6(7)9-7;/h3,6,8H,2,4H2,1H3;/q;+1/p-1/t6-,7+;/m1./s1. The van der Waals surface area contributed by atoms with Crippen LogP contribution in [0.4, 0.5) is 0 Å². The van der Waals surface area contributed by atoms with Crippen LogP contribution in [0.25, 0.3) is 0 Å². The Bertz CT molecular complexity index is 178. The van der Waals surface area contributed by atoms with Crippen molar-refractivity contribution >= 4 is 0 Å². The maximum Gasteiger partial charge on any atom is 1.00 e. The predicted octanol–water partition coefficient (Wildman–Crippen LogP) is -2.81. The van der Waals surface area contributed by atoms with Crippen LogP contribution in [0.1, 0.15) is 19.8 Å². The van der Waals surface area contributed by atoms with Gasteiger partial charge in [0.15, 0.2) is 0 Å². The van der Waals surface area contributed by atoms with Gasteiger partial charge in [-0.1, -0.05) is 6.08 Å². The van der Waals surface area contributed by atoms with E-state index in [0.717, 1.165) is 12.8 Å². The molecule has 2 aliphatic rings. The van der Waals surface area contributed by atoms with Crippen LogP contribution in [0.15, 0.2) is 11.8 Å². The first-order chi connectivity index (χ1) is 4.22. The predicted molar refractivity (Wildman–Crippen MR) is 30.6 cm³/mol. The molecule has 0 aromatic rings. The molecule has 0 spiro atoms. The number of allylic oxidation sites excluding steroid dienone is 1. The van der Waals surface area contributed by atoms with Gasteiger partial charge in [0, 0.05) is 0 Å². The van der Waals surface area contributed by atoms with Gasteiger partial charge in [0.25, 0.3) is 0 Å². The molecule has 1 saturated heterocycles. The van der Waals surface area contributed by atoms with Gasteiger partial charge in [-0.05, 0) is 19.8 Å². The molecule has 2 atom stereocenters. The first-order valence-electron chi connectivity index (χ1n) is 3.27. The number of hydrogen-bond donors (Lipinski definition) is 0. The van der Waals surface area contributed by atoms with Gasteiger partial charge in [-0.2, -0.15) is 0 Å². The van der Waals surface area contributed by atoms with Crippen molar-refractivity contribution in [2.75, 3.05) is 0 Å². The second kappa shape index (κ2) is 2.30. The molecule has 3 heteroatoms. The summed E-state index contributed by atoms with van der Waals surface area (Å²) >= 11 is 0. The Morgan fingerprint density at radius 3 is 3.00 bits per heavy atom. The fourth-order valence-electron chi connectivity index (χ4n) is 1.39. The normalized spacial score (nSPS) is 42.9. The Hall–Kier alpha value is 0.0974. The zero-order valence-corrected chi connectivity index (χ0v) is 6.39. The molecule has 0 unspecified atom stereocenters. The van der Waals surface area contributed by atoms with Gasteiger partial charge in [0.1, 0.15) is 0 Å². The number of hydrogen-bond acceptors (Lipinski definition) is 2. The van der Waals surface area contributed by atoms with E-state index >= 15 is 0 Å². The van der Waals surface area contributed by atoms with Gasteiger partial charge in [0.05, 0.1) is 11.7 Å². The van der Waals surface area contributed by atoms with Gasteiger partial charge >= 0.3 is 18.9 Å². The SMILES string of the molecule is C[C@]12CCC=C([O-])[C@H]1O2.[Li+]. The summed E-state index contributed by atoms with van der Waals surface area (Å²) in [6.07, 6.45) is 3.57. The monoisotopic (exact) mass is 132 g/mol. The second-order valence-corrected chi connectivity index (χ2v) is 2.96. The summed E-state index contributed by atoms with van der Waals surface area (Å²) in [5.74, 6) is 0.184. The topological polar surface area (TPSA) is 35.6 Å². The molecular weight excluding hydrogens is 123 g/mol. The minimum absolute atomic E-state index is 0. The van der Waals surface area contributed by atoms with Gasteiger partial charge in [-0.15, -0.1) is 5.76 Å².